The number of hydrogen-bond acceptors (Lipinski definition) is 4. The monoisotopic (exact) mass is 295 g/mol. The molecule has 4 heteroatoms. The summed E-state index contributed by atoms with van der Waals surface area (Å²) in [6.45, 7) is 10.4. The quantitative estimate of drug-likeness (QED) is 0.805. The Balaban J connectivity index is 1.62. The number of rotatable bonds is 6. The molecule has 1 aliphatic carbocycles. The third-order valence-electron chi connectivity index (χ3n) is 5.56. The molecule has 3 rings (SSSR count). The lowest BCUT2D eigenvalue weighted by atomic mass is 9.85. The lowest BCUT2D eigenvalue weighted by molar-refractivity contribution is 0.0831. The van der Waals surface area contributed by atoms with E-state index in [9.17, 15) is 0 Å². The van der Waals surface area contributed by atoms with Crippen LogP contribution in [0.4, 0.5) is 0 Å². The van der Waals surface area contributed by atoms with Crippen LogP contribution >= 0.6 is 0 Å². The molecule has 4 nitrogen and oxygen atoms in total. The zero-order valence-electron chi connectivity index (χ0n) is 13.9. The molecule has 2 unspecified atom stereocenters. The van der Waals surface area contributed by atoms with Crippen molar-refractivity contribution in [2.24, 2.45) is 5.41 Å². The van der Waals surface area contributed by atoms with Gasteiger partial charge in [-0.25, -0.2) is 0 Å². The first-order chi connectivity index (χ1) is 10.2. The Morgan fingerprint density at radius 2 is 2.14 bits per heavy atom. The molecule has 2 saturated heterocycles. The van der Waals surface area contributed by atoms with Gasteiger partial charge >= 0.3 is 0 Å². The molecule has 122 valence electrons. The first kappa shape index (κ1) is 15.7. The van der Waals surface area contributed by atoms with Gasteiger partial charge in [0.1, 0.15) is 0 Å². The molecule has 0 aromatic carbocycles. The minimum atomic E-state index is 0.360. The van der Waals surface area contributed by atoms with Crippen molar-refractivity contribution < 1.29 is 4.74 Å². The summed E-state index contributed by atoms with van der Waals surface area (Å²) in [7, 11) is 2.27. The molecule has 0 aromatic heterocycles. The zero-order valence-corrected chi connectivity index (χ0v) is 13.9. The number of likely N-dealkylation sites (N-methyl/N-ethyl adjacent to an activating group) is 1. The Morgan fingerprint density at radius 3 is 2.81 bits per heavy atom. The number of nitrogens with zero attached hydrogens (tertiary/aromatic N) is 2. The van der Waals surface area contributed by atoms with Crippen LogP contribution in [0.3, 0.4) is 0 Å². The van der Waals surface area contributed by atoms with Crippen molar-refractivity contribution >= 4 is 0 Å². The fraction of sp³-hybridized carbons (Fsp3) is 1.00. The summed E-state index contributed by atoms with van der Waals surface area (Å²) in [4.78, 5) is 5.28. The van der Waals surface area contributed by atoms with Gasteiger partial charge in [-0.2, -0.15) is 0 Å². The minimum Gasteiger partial charge on any atom is -0.381 e. The van der Waals surface area contributed by atoms with Crippen molar-refractivity contribution in [3.05, 3.63) is 0 Å². The smallest absolute Gasteiger partial charge is 0.0547 e. The summed E-state index contributed by atoms with van der Waals surface area (Å²) >= 11 is 0. The molecule has 3 aliphatic rings. The highest BCUT2D eigenvalue weighted by atomic mass is 16.5. The van der Waals surface area contributed by atoms with E-state index in [4.69, 9.17) is 4.74 Å². The van der Waals surface area contributed by atoms with Crippen LogP contribution in [0.5, 0.6) is 0 Å². The Labute approximate surface area is 130 Å². The van der Waals surface area contributed by atoms with E-state index in [0.29, 0.717) is 5.41 Å². The molecule has 2 heterocycles. The average Bonchev–Trinajstić information content (AvgIpc) is 3.23. The second kappa shape index (κ2) is 6.95. The van der Waals surface area contributed by atoms with E-state index in [1.165, 1.54) is 58.3 Å². The number of ether oxygens (including phenoxy) is 1. The molecular weight excluding hydrogens is 262 g/mol. The molecule has 21 heavy (non-hydrogen) atoms. The second-order valence-electron chi connectivity index (χ2n) is 7.61. The van der Waals surface area contributed by atoms with Gasteiger partial charge in [-0.1, -0.05) is 6.92 Å². The molecule has 2 aliphatic heterocycles. The van der Waals surface area contributed by atoms with E-state index < -0.39 is 0 Å². The maximum absolute atomic E-state index is 5.80. The van der Waals surface area contributed by atoms with Crippen LogP contribution in [0.1, 0.15) is 39.0 Å². The minimum absolute atomic E-state index is 0.360. The highest BCUT2D eigenvalue weighted by Crippen LogP contribution is 2.32. The van der Waals surface area contributed by atoms with Gasteiger partial charge in [0.05, 0.1) is 6.61 Å². The molecule has 0 spiro atoms. The zero-order chi connectivity index (χ0) is 14.7. The maximum Gasteiger partial charge on any atom is 0.0547 e. The standard InChI is InChI=1S/C17H33N3O/c1-3-16-11-19(2)8-4-9-20(16)13-17(7-10-21-14-17)12-18-15-5-6-15/h15-16,18H,3-14H2,1-2H3. The Hall–Kier alpha value is -0.160. The van der Waals surface area contributed by atoms with Gasteiger partial charge in [-0.15, -0.1) is 0 Å². The van der Waals surface area contributed by atoms with Crippen LogP contribution in [-0.2, 0) is 4.74 Å². The van der Waals surface area contributed by atoms with Crippen molar-refractivity contribution in [2.45, 2.75) is 51.1 Å². The van der Waals surface area contributed by atoms with Crippen molar-refractivity contribution in [1.29, 1.82) is 0 Å². The largest absolute Gasteiger partial charge is 0.381 e. The SMILES string of the molecule is CCC1CN(C)CCCN1CC1(CNC2CC2)CCOC1. The highest BCUT2D eigenvalue weighted by molar-refractivity contribution is 4.93. The molecule has 0 bridgehead atoms. The van der Waals surface area contributed by atoms with Gasteiger partial charge in [-0.05, 0) is 52.2 Å². The van der Waals surface area contributed by atoms with Crippen LogP contribution in [0.2, 0.25) is 0 Å². The Morgan fingerprint density at radius 1 is 1.29 bits per heavy atom. The van der Waals surface area contributed by atoms with Gasteiger partial charge in [0.25, 0.3) is 0 Å². The summed E-state index contributed by atoms with van der Waals surface area (Å²) in [6.07, 6.45) is 6.55. The van der Waals surface area contributed by atoms with Crippen LogP contribution in [-0.4, -0.2) is 74.9 Å². The van der Waals surface area contributed by atoms with E-state index in [2.05, 4.69) is 29.1 Å². The molecule has 3 fully saturated rings. The summed E-state index contributed by atoms with van der Waals surface area (Å²) < 4.78 is 5.80. The Bertz CT molecular complexity index is 326. The van der Waals surface area contributed by atoms with Crippen LogP contribution in [0.25, 0.3) is 0 Å². The summed E-state index contributed by atoms with van der Waals surface area (Å²) in [5.74, 6) is 0. The van der Waals surface area contributed by atoms with Crippen LogP contribution in [0, 0.1) is 5.41 Å². The molecule has 0 aromatic rings. The van der Waals surface area contributed by atoms with E-state index >= 15 is 0 Å². The van der Waals surface area contributed by atoms with Crippen molar-refractivity contribution in [1.82, 2.24) is 15.1 Å². The summed E-state index contributed by atoms with van der Waals surface area (Å²) in [5, 5.41) is 3.77. The van der Waals surface area contributed by atoms with E-state index in [1.54, 1.807) is 0 Å². The second-order valence-corrected chi connectivity index (χ2v) is 7.61. The van der Waals surface area contributed by atoms with Gasteiger partial charge in [0, 0.05) is 43.7 Å². The fourth-order valence-corrected chi connectivity index (χ4v) is 3.94. The maximum atomic E-state index is 5.80. The molecular formula is C17H33N3O. The molecule has 1 N–H and O–H groups in total. The lowest BCUT2D eigenvalue weighted by Gasteiger charge is -2.38. The third kappa shape index (κ3) is 4.19. The van der Waals surface area contributed by atoms with Gasteiger partial charge in [-0.3, -0.25) is 4.90 Å². The van der Waals surface area contributed by atoms with Gasteiger partial charge in [0.2, 0.25) is 0 Å². The van der Waals surface area contributed by atoms with E-state index in [-0.39, 0.29) is 0 Å². The first-order valence-corrected chi connectivity index (χ1v) is 8.94. The number of hydrogen-bond donors (Lipinski definition) is 1. The van der Waals surface area contributed by atoms with Crippen molar-refractivity contribution in [3.8, 4) is 0 Å². The predicted octanol–water partition coefficient (Wildman–Crippen LogP) is 1.56. The van der Waals surface area contributed by atoms with E-state index in [1.807, 2.05) is 0 Å². The topological polar surface area (TPSA) is 27.7 Å². The first-order valence-electron chi connectivity index (χ1n) is 8.94. The average molecular weight is 295 g/mol. The van der Waals surface area contributed by atoms with Crippen molar-refractivity contribution in [3.63, 3.8) is 0 Å². The van der Waals surface area contributed by atoms with Crippen LogP contribution < -0.4 is 5.32 Å². The van der Waals surface area contributed by atoms with Crippen molar-refractivity contribution in [2.75, 3.05) is 53.0 Å². The normalized spacial score (nSPS) is 36.0. The van der Waals surface area contributed by atoms with Gasteiger partial charge in [0.15, 0.2) is 0 Å². The Kier molecular flexibility index (Phi) is 5.20. The van der Waals surface area contributed by atoms with E-state index in [0.717, 1.165) is 31.8 Å². The molecule has 0 amide bonds. The fourth-order valence-electron chi connectivity index (χ4n) is 3.94. The van der Waals surface area contributed by atoms with Crippen LogP contribution in [0.15, 0.2) is 0 Å². The molecule has 1 saturated carbocycles. The molecule has 2 atom stereocenters. The summed E-state index contributed by atoms with van der Waals surface area (Å²) in [5.41, 5.74) is 0.360. The van der Waals surface area contributed by atoms with Gasteiger partial charge < -0.3 is 15.0 Å². The molecule has 0 radical (unpaired) electrons. The lowest BCUT2D eigenvalue weighted by Crippen LogP contribution is -2.49. The predicted molar refractivity (Wildman–Crippen MR) is 86.7 cm³/mol. The third-order valence-corrected chi connectivity index (χ3v) is 5.56. The highest BCUT2D eigenvalue weighted by Gasteiger charge is 2.39. The number of nitrogens with one attached hydrogen (secondary N) is 1. The summed E-state index contributed by atoms with van der Waals surface area (Å²) in [6, 6.07) is 1.52.